The molecule has 0 radical (unpaired) electrons. The molecule has 0 saturated carbocycles. The molecule has 1 aliphatic rings. The molecule has 0 bridgehead atoms. The highest BCUT2D eigenvalue weighted by molar-refractivity contribution is 7.85. The van der Waals surface area contributed by atoms with E-state index >= 15 is 0 Å². The zero-order valence-corrected chi connectivity index (χ0v) is 30.8. The first-order chi connectivity index (χ1) is 24.2. The number of carbonyl (C=O) groups is 4. The number of ether oxygens (including phenoxy) is 1. The summed E-state index contributed by atoms with van der Waals surface area (Å²) >= 11 is 0. The van der Waals surface area contributed by atoms with Crippen molar-refractivity contribution in [2.24, 2.45) is 11.8 Å². The van der Waals surface area contributed by atoms with Crippen LogP contribution in [0.25, 0.3) is 0 Å². The molecule has 0 aromatic heterocycles. The second-order valence-corrected chi connectivity index (χ2v) is 14.3. The van der Waals surface area contributed by atoms with Crippen molar-refractivity contribution in [1.82, 2.24) is 21.3 Å². The normalized spacial score (nSPS) is 14.9. The molecule has 278 valence electrons. The minimum Gasteiger partial charge on any atom is -0.375 e. The van der Waals surface area contributed by atoms with Crippen molar-refractivity contribution in [2.75, 3.05) is 37.8 Å². The van der Waals surface area contributed by atoms with E-state index in [1.807, 2.05) is 19.9 Å². The average molecular weight is 730 g/mol. The van der Waals surface area contributed by atoms with Gasteiger partial charge in [0.2, 0.25) is 11.8 Å². The summed E-state index contributed by atoms with van der Waals surface area (Å²) in [6.45, 7) is 5.58. The molecule has 14 heteroatoms. The van der Waals surface area contributed by atoms with E-state index in [4.69, 9.17) is 4.74 Å². The molecular weight excluding hydrogens is 680 g/mol. The number of hydrogen-bond donors (Lipinski definition) is 4. The van der Waals surface area contributed by atoms with E-state index in [-0.39, 0.29) is 54.1 Å². The molecule has 4 amide bonds. The van der Waals surface area contributed by atoms with Crippen LogP contribution in [-0.2, 0) is 31.9 Å². The van der Waals surface area contributed by atoms with Crippen molar-refractivity contribution < 1.29 is 36.9 Å². The molecule has 11 nitrogen and oxygen atoms in total. The maximum Gasteiger partial charge on any atom is 0.251 e. The number of amides is 4. The third kappa shape index (κ3) is 13.0. The Labute approximate surface area is 301 Å². The van der Waals surface area contributed by atoms with Gasteiger partial charge in [0, 0.05) is 50.0 Å². The number of halogens is 2. The second-order valence-electron chi connectivity index (χ2n) is 12.9. The average Bonchev–Trinajstić information content (AvgIpc) is 3.10. The molecule has 0 aliphatic heterocycles. The Kier molecular flexibility index (Phi) is 15.9. The van der Waals surface area contributed by atoms with Gasteiger partial charge in [-0.1, -0.05) is 39.0 Å². The predicted octanol–water partition coefficient (Wildman–Crippen LogP) is 4.32. The zero-order chi connectivity index (χ0) is 37.7. The number of hydrogen-bond acceptors (Lipinski definition) is 6. The molecule has 0 heterocycles. The third-order valence-electron chi connectivity index (χ3n) is 8.44. The Morgan fingerprint density at radius 1 is 0.902 bits per heavy atom. The highest BCUT2D eigenvalue weighted by Crippen LogP contribution is 2.21. The van der Waals surface area contributed by atoms with E-state index in [1.165, 1.54) is 35.8 Å². The third-order valence-corrected chi connectivity index (χ3v) is 9.43. The monoisotopic (exact) mass is 729 g/mol. The van der Waals surface area contributed by atoms with E-state index in [2.05, 4.69) is 33.4 Å². The standard InChI is InChI=1S/C37H49F2N5O6S/c1-23(2)33(37(48)41-20-25-10-8-7-9-11-25)43-34(45)24(3)12-13-31(22-50-21-26-14-29(38)19-30(39)15-26)42-36(47)28-16-27(35(46)40-4)17-32(18-28)44(5)51(6)49/h8,10-11,14-19,23-24,31,33H,7,9,12-13,20-22H2,1-6H3,(H,40,46)(H,41,48)(H,42,47)(H,43,45)/t24-,31-,33?,51?/m1/s1. The largest absolute Gasteiger partial charge is 0.375 e. The van der Waals surface area contributed by atoms with Crippen LogP contribution in [0.1, 0.15) is 72.7 Å². The maximum atomic E-state index is 13.8. The molecule has 2 aromatic rings. The minimum absolute atomic E-state index is 0.0690. The summed E-state index contributed by atoms with van der Waals surface area (Å²) in [6.07, 6.45) is 10.0. The van der Waals surface area contributed by atoms with E-state index in [1.54, 1.807) is 14.0 Å². The first-order valence-electron chi connectivity index (χ1n) is 16.9. The molecule has 4 atom stereocenters. The van der Waals surface area contributed by atoms with Gasteiger partial charge in [-0.05, 0) is 73.1 Å². The van der Waals surface area contributed by atoms with Gasteiger partial charge in [0.1, 0.15) is 28.7 Å². The zero-order valence-electron chi connectivity index (χ0n) is 30.0. The molecule has 2 aromatic carbocycles. The first-order valence-corrected chi connectivity index (χ1v) is 18.4. The van der Waals surface area contributed by atoms with Gasteiger partial charge in [0.25, 0.3) is 11.8 Å². The van der Waals surface area contributed by atoms with Crippen LogP contribution in [0.2, 0.25) is 0 Å². The molecule has 0 saturated heterocycles. The van der Waals surface area contributed by atoms with Crippen LogP contribution in [0.3, 0.4) is 0 Å². The van der Waals surface area contributed by atoms with Crippen LogP contribution in [0.5, 0.6) is 0 Å². The van der Waals surface area contributed by atoms with Crippen LogP contribution in [-0.4, -0.2) is 73.4 Å². The number of allylic oxidation sites excluding steroid dienone is 2. The highest BCUT2D eigenvalue weighted by atomic mass is 32.2. The summed E-state index contributed by atoms with van der Waals surface area (Å²) in [4.78, 5) is 52.5. The fraction of sp³-hybridized carbons (Fsp3) is 0.459. The van der Waals surface area contributed by atoms with Gasteiger partial charge in [-0.15, -0.1) is 0 Å². The van der Waals surface area contributed by atoms with Crippen molar-refractivity contribution in [3.63, 3.8) is 0 Å². The smallest absolute Gasteiger partial charge is 0.251 e. The van der Waals surface area contributed by atoms with Crippen molar-refractivity contribution >= 4 is 40.3 Å². The van der Waals surface area contributed by atoms with Gasteiger partial charge in [-0.25, -0.2) is 13.0 Å². The number of anilines is 1. The predicted molar refractivity (Wildman–Crippen MR) is 194 cm³/mol. The highest BCUT2D eigenvalue weighted by Gasteiger charge is 2.27. The quantitative estimate of drug-likeness (QED) is 0.180. The lowest BCUT2D eigenvalue weighted by Crippen LogP contribution is -2.51. The molecule has 51 heavy (non-hydrogen) atoms. The molecule has 1 aliphatic carbocycles. The number of nitrogens with one attached hydrogen (secondary N) is 4. The lowest BCUT2D eigenvalue weighted by Gasteiger charge is -2.25. The van der Waals surface area contributed by atoms with E-state index in [0.717, 1.165) is 36.6 Å². The number of rotatable bonds is 18. The molecule has 4 N–H and O–H groups in total. The Morgan fingerprint density at radius 2 is 1.57 bits per heavy atom. The summed E-state index contributed by atoms with van der Waals surface area (Å²) < 4.78 is 46.9. The van der Waals surface area contributed by atoms with Gasteiger partial charge in [0.15, 0.2) is 0 Å². The second kappa shape index (κ2) is 19.8. The Balaban J connectivity index is 1.74. The fourth-order valence-corrected chi connectivity index (χ4v) is 5.74. The first kappa shape index (κ1) is 41.0. The van der Waals surface area contributed by atoms with Gasteiger partial charge in [-0.2, -0.15) is 0 Å². The fourth-order valence-electron chi connectivity index (χ4n) is 5.34. The van der Waals surface area contributed by atoms with Crippen molar-refractivity contribution in [3.05, 3.63) is 88.5 Å². The van der Waals surface area contributed by atoms with Crippen molar-refractivity contribution in [2.45, 2.75) is 65.1 Å². The lowest BCUT2D eigenvalue weighted by molar-refractivity contribution is -0.131. The van der Waals surface area contributed by atoms with E-state index in [0.29, 0.717) is 18.7 Å². The van der Waals surface area contributed by atoms with Crippen LogP contribution >= 0.6 is 0 Å². The van der Waals surface area contributed by atoms with Gasteiger partial charge < -0.3 is 26.0 Å². The topological polar surface area (TPSA) is 146 Å². The summed E-state index contributed by atoms with van der Waals surface area (Å²) in [5, 5.41) is 11.2. The molecule has 3 rings (SSSR count). The minimum atomic E-state index is -1.44. The van der Waals surface area contributed by atoms with Gasteiger partial charge in [0.05, 0.1) is 24.9 Å². The van der Waals surface area contributed by atoms with Crippen LogP contribution in [0, 0.1) is 23.5 Å². The Bertz CT molecular complexity index is 1630. The van der Waals surface area contributed by atoms with Crippen LogP contribution in [0.15, 0.2) is 60.2 Å². The summed E-state index contributed by atoms with van der Waals surface area (Å²) in [7, 11) is 1.58. The van der Waals surface area contributed by atoms with E-state index in [9.17, 15) is 32.2 Å². The lowest BCUT2D eigenvalue weighted by atomic mass is 9.98. The number of benzene rings is 2. The Morgan fingerprint density at radius 3 is 2.16 bits per heavy atom. The summed E-state index contributed by atoms with van der Waals surface area (Å²) in [5.74, 6) is -3.85. The van der Waals surface area contributed by atoms with E-state index < -0.39 is 52.4 Å². The van der Waals surface area contributed by atoms with Crippen LogP contribution < -0.4 is 25.6 Å². The Hall–Kier alpha value is -4.43. The number of carbonyl (C=O) groups excluding carboxylic acids is 4. The molecular formula is C37H49F2N5O6S. The molecule has 0 spiro atoms. The SMILES string of the molecule is CNC(=O)c1cc(C(=O)N[C@H](CC[C@@H](C)C(=O)NC(C(=O)NCC2=CCCC=C2)C(C)C)COCc2cc(F)cc(F)c2)cc(N(C)S(C)=O)c1. The van der Waals surface area contributed by atoms with Gasteiger partial charge >= 0.3 is 0 Å². The number of nitrogens with zero attached hydrogens (tertiary/aromatic N) is 1. The van der Waals surface area contributed by atoms with Crippen LogP contribution in [0.4, 0.5) is 14.5 Å². The molecule has 0 fully saturated rings. The maximum absolute atomic E-state index is 13.8. The summed E-state index contributed by atoms with van der Waals surface area (Å²) in [6, 6.07) is 6.06. The molecule has 2 unspecified atom stereocenters. The summed E-state index contributed by atoms with van der Waals surface area (Å²) in [5.41, 5.74) is 1.95. The van der Waals surface area contributed by atoms with Crippen molar-refractivity contribution in [1.29, 1.82) is 0 Å². The van der Waals surface area contributed by atoms with Crippen molar-refractivity contribution in [3.8, 4) is 0 Å². The van der Waals surface area contributed by atoms with Gasteiger partial charge in [-0.3, -0.25) is 23.5 Å².